The van der Waals surface area contributed by atoms with Gasteiger partial charge in [0, 0.05) is 32.3 Å². The smallest absolute Gasteiger partial charge is 0.0663 e. The molecule has 0 amide bonds. The van der Waals surface area contributed by atoms with Crippen LogP contribution < -0.4 is 5.73 Å². The average Bonchev–Trinajstić information content (AvgIpc) is 2.95. The van der Waals surface area contributed by atoms with Crippen LogP contribution in [0.1, 0.15) is 25.7 Å². The molecular formula is C13H25N3O. The van der Waals surface area contributed by atoms with Gasteiger partial charge in [-0.3, -0.25) is 9.80 Å². The molecular weight excluding hydrogens is 214 g/mol. The number of ether oxygens (including phenoxy) is 1. The normalized spacial score (nSPS) is 40.4. The first-order chi connectivity index (χ1) is 8.34. The molecule has 3 rings (SSSR count). The third-order valence-corrected chi connectivity index (χ3v) is 4.94. The Morgan fingerprint density at radius 2 is 2.12 bits per heavy atom. The molecule has 2 N–H and O–H groups in total. The number of nitrogens with two attached hydrogens (primary N) is 1. The highest BCUT2D eigenvalue weighted by atomic mass is 16.5. The number of nitrogens with zero attached hydrogens (tertiary/aromatic N) is 2. The van der Waals surface area contributed by atoms with E-state index in [-0.39, 0.29) is 5.54 Å². The van der Waals surface area contributed by atoms with Gasteiger partial charge in [-0.2, -0.15) is 0 Å². The third kappa shape index (κ3) is 2.12. The van der Waals surface area contributed by atoms with E-state index in [1.165, 1.54) is 45.4 Å². The molecule has 0 saturated carbocycles. The Morgan fingerprint density at radius 3 is 2.88 bits per heavy atom. The van der Waals surface area contributed by atoms with E-state index in [9.17, 15) is 0 Å². The van der Waals surface area contributed by atoms with Crippen LogP contribution in [0.15, 0.2) is 0 Å². The molecule has 4 nitrogen and oxygen atoms in total. The summed E-state index contributed by atoms with van der Waals surface area (Å²) in [6.45, 7) is 7.49. The van der Waals surface area contributed by atoms with Crippen molar-refractivity contribution in [2.24, 2.45) is 5.73 Å². The summed E-state index contributed by atoms with van der Waals surface area (Å²) in [6.07, 6.45) is 5.16. The van der Waals surface area contributed by atoms with Crippen LogP contribution in [0.3, 0.4) is 0 Å². The summed E-state index contributed by atoms with van der Waals surface area (Å²) in [7, 11) is 0. The van der Waals surface area contributed by atoms with E-state index in [1.807, 2.05) is 0 Å². The van der Waals surface area contributed by atoms with Crippen molar-refractivity contribution in [2.45, 2.75) is 37.3 Å². The highest BCUT2D eigenvalue weighted by molar-refractivity contribution is 4.98. The van der Waals surface area contributed by atoms with Gasteiger partial charge in [0.2, 0.25) is 0 Å². The quantitative estimate of drug-likeness (QED) is 0.751. The highest BCUT2D eigenvalue weighted by Crippen LogP contribution is 2.30. The van der Waals surface area contributed by atoms with Crippen molar-refractivity contribution in [1.82, 2.24) is 9.80 Å². The summed E-state index contributed by atoms with van der Waals surface area (Å²) in [4.78, 5) is 5.33. The van der Waals surface area contributed by atoms with Crippen LogP contribution in [0.5, 0.6) is 0 Å². The van der Waals surface area contributed by atoms with Crippen LogP contribution in [-0.4, -0.2) is 67.3 Å². The fourth-order valence-electron chi connectivity index (χ4n) is 3.77. The third-order valence-electron chi connectivity index (χ3n) is 4.94. The van der Waals surface area contributed by atoms with Crippen molar-refractivity contribution in [1.29, 1.82) is 0 Å². The lowest BCUT2D eigenvalue weighted by molar-refractivity contribution is 0.0657. The summed E-state index contributed by atoms with van der Waals surface area (Å²) in [5, 5.41) is 0. The zero-order chi connectivity index (χ0) is 11.7. The van der Waals surface area contributed by atoms with Gasteiger partial charge in [-0.1, -0.05) is 0 Å². The van der Waals surface area contributed by atoms with Gasteiger partial charge in [0.05, 0.1) is 12.1 Å². The number of fused-ring (bicyclic) bond motifs is 1. The van der Waals surface area contributed by atoms with Gasteiger partial charge in [0.1, 0.15) is 0 Å². The molecule has 3 heterocycles. The maximum absolute atomic E-state index is 6.05. The topological polar surface area (TPSA) is 41.7 Å². The van der Waals surface area contributed by atoms with Crippen LogP contribution in [-0.2, 0) is 4.74 Å². The molecule has 0 aromatic carbocycles. The van der Waals surface area contributed by atoms with Crippen LogP contribution in [0.2, 0.25) is 0 Å². The Hall–Kier alpha value is -0.160. The summed E-state index contributed by atoms with van der Waals surface area (Å²) in [5.41, 5.74) is 6.20. The fourth-order valence-corrected chi connectivity index (χ4v) is 3.77. The van der Waals surface area contributed by atoms with Gasteiger partial charge in [0.25, 0.3) is 0 Å². The van der Waals surface area contributed by atoms with E-state index in [0.29, 0.717) is 0 Å². The van der Waals surface area contributed by atoms with Gasteiger partial charge in [0.15, 0.2) is 0 Å². The molecule has 2 unspecified atom stereocenters. The van der Waals surface area contributed by atoms with Gasteiger partial charge >= 0.3 is 0 Å². The van der Waals surface area contributed by atoms with Gasteiger partial charge in [-0.25, -0.2) is 0 Å². The molecule has 0 aromatic rings. The minimum atomic E-state index is 0.151. The molecule has 3 saturated heterocycles. The molecule has 0 spiro atoms. The summed E-state index contributed by atoms with van der Waals surface area (Å²) in [5.74, 6) is 0. The zero-order valence-electron chi connectivity index (χ0n) is 10.7. The maximum Gasteiger partial charge on any atom is 0.0663 e. The minimum absolute atomic E-state index is 0.151. The van der Waals surface area contributed by atoms with Crippen molar-refractivity contribution in [3.63, 3.8) is 0 Å². The molecule has 0 radical (unpaired) electrons. The predicted molar refractivity (Wildman–Crippen MR) is 68.0 cm³/mol. The molecule has 2 atom stereocenters. The molecule has 3 fully saturated rings. The van der Waals surface area contributed by atoms with Crippen molar-refractivity contribution >= 4 is 0 Å². The first-order valence-corrected chi connectivity index (χ1v) is 7.11. The van der Waals surface area contributed by atoms with Gasteiger partial charge in [-0.15, -0.1) is 0 Å². The van der Waals surface area contributed by atoms with E-state index in [1.54, 1.807) is 0 Å². The van der Waals surface area contributed by atoms with E-state index < -0.39 is 0 Å². The molecule has 3 aliphatic heterocycles. The Morgan fingerprint density at radius 1 is 1.24 bits per heavy atom. The Bertz CT molecular complexity index is 265. The standard InChI is InChI=1S/C13H25N3O/c14-10-13(4-8-17-11-13)16-7-2-6-15-5-1-3-12(15)9-16/h12H,1-11,14H2. The van der Waals surface area contributed by atoms with Crippen LogP contribution in [0.25, 0.3) is 0 Å². The van der Waals surface area contributed by atoms with Crippen molar-refractivity contribution < 1.29 is 4.74 Å². The van der Waals surface area contributed by atoms with Gasteiger partial charge < -0.3 is 10.5 Å². The Kier molecular flexibility index (Phi) is 3.39. The first-order valence-electron chi connectivity index (χ1n) is 7.11. The monoisotopic (exact) mass is 239 g/mol. The SMILES string of the molecule is NCC1(N2CCCN3CCCC3C2)CCOC1. The molecule has 4 heteroatoms. The number of hydrogen-bond donors (Lipinski definition) is 1. The summed E-state index contributed by atoms with van der Waals surface area (Å²) < 4.78 is 5.62. The lowest BCUT2D eigenvalue weighted by atomic mass is 9.95. The Balaban J connectivity index is 1.73. The molecule has 0 bridgehead atoms. The van der Waals surface area contributed by atoms with E-state index >= 15 is 0 Å². The van der Waals surface area contributed by atoms with E-state index in [2.05, 4.69) is 9.80 Å². The second kappa shape index (κ2) is 4.84. The van der Waals surface area contributed by atoms with Crippen molar-refractivity contribution in [3.05, 3.63) is 0 Å². The lowest BCUT2D eigenvalue weighted by Crippen LogP contribution is -2.56. The average molecular weight is 239 g/mol. The van der Waals surface area contributed by atoms with E-state index in [0.717, 1.165) is 32.2 Å². The summed E-state index contributed by atoms with van der Waals surface area (Å²) >= 11 is 0. The molecule has 3 aliphatic rings. The van der Waals surface area contributed by atoms with Crippen molar-refractivity contribution in [3.8, 4) is 0 Å². The Labute approximate surface area is 104 Å². The lowest BCUT2D eigenvalue weighted by Gasteiger charge is -2.40. The highest BCUT2D eigenvalue weighted by Gasteiger charge is 2.42. The fraction of sp³-hybridized carbons (Fsp3) is 1.00. The van der Waals surface area contributed by atoms with Crippen LogP contribution >= 0.6 is 0 Å². The van der Waals surface area contributed by atoms with E-state index in [4.69, 9.17) is 10.5 Å². The van der Waals surface area contributed by atoms with Crippen molar-refractivity contribution in [2.75, 3.05) is 45.9 Å². The minimum Gasteiger partial charge on any atom is -0.379 e. The second-order valence-electron chi connectivity index (χ2n) is 5.86. The largest absolute Gasteiger partial charge is 0.379 e. The zero-order valence-corrected chi connectivity index (χ0v) is 10.7. The summed E-state index contributed by atoms with van der Waals surface area (Å²) in [6, 6.07) is 0.779. The maximum atomic E-state index is 6.05. The molecule has 17 heavy (non-hydrogen) atoms. The first kappa shape index (κ1) is 11.9. The predicted octanol–water partition coefficient (Wildman–Crippen LogP) is 0.274. The second-order valence-corrected chi connectivity index (χ2v) is 5.86. The van der Waals surface area contributed by atoms with Gasteiger partial charge in [-0.05, 0) is 38.8 Å². The number of rotatable bonds is 2. The molecule has 0 aromatic heterocycles. The molecule has 98 valence electrons. The van der Waals surface area contributed by atoms with Crippen LogP contribution in [0, 0.1) is 0 Å². The van der Waals surface area contributed by atoms with Crippen LogP contribution in [0.4, 0.5) is 0 Å². The number of hydrogen-bond acceptors (Lipinski definition) is 4. The molecule has 0 aliphatic carbocycles.